The van der Waals surface area contributed by atoms with Crippen LogP contribution in [0.1, 0.15) is 39.1 Å². The maximum atomic E-state index is 5.94. The van der Waals surface area contributed by atoms with Crippen molar-refractivity contribution in [3.05, 3.63) is 27.6 Å². The minimum absolute atomic E-state index is 0.489. The van der Waals surface area contributed by atoms with Crippen molar-refractivity contribution in [3.63, 3.8) is 0 Å². The van der Waals surface area contributed by atoms with Crippen molar-refractivity contribution < 1.29 is 0 Å². The van der Waals surface area contributed by atoms with E-state index in [2.05, 4.69) is 66.1 Å². The van der Waals surface area contributed by atoms with Crippen LogP contribution in [0.5, 0.6) is 0 Å². The van der Waals surface area contributed by atoms with Gasteiger partial charge in [-0.3, -0.25) is 0 Å². The maximum absolute atomic E-state index is 5.94. The van der Waals surface area contributed by atoms with Crippen LogP contribution < -0.4 is 0 Å². The summed E-state index contributed by atoms with van der Waals surface area (Å²) in [7, 11) is 0. The lowest BCUT2D eigenvalue weighted by molar-refractivity contribution is 0.365. The van der Waals surface area contributed by atoms with E-state index in [9.17, 15) is 0 Å². The van der Waals surface area contributed by atoms with Crippen LogP contribution in [0.15, 0.2) is 18.2 Å². The number of aryl methyl sites for hydroxylation is 1. The van der Waals surface area contributed by atoms with Gasteiger partial charge in [0.15, 0.2) is 0 Å². The molecule has 0 aliphatic heterocycles. The van der Waals surface area contributed by atoms with Gasteiger partial charge in [0.1, 0.15) is 5.82 Å². The summed E-state index contributed by atoms with van der Waals surface area (Å²) in [6.07, 6.45) is 1.94. The molecule has 0 saturated heterocycles. The molecule has 1 heterocycles. The third kappa shape index (κ3) is 3.07. The number of imidazole rings is 1. The van der Waals surface area contributed by atoms with Crippen molar-refractivity contribution in [3.8, 4) is 0 Å². The van der Waals surface area contributed by atoms with Crippen molar-refractivity contribution in [1.29, 1.82) is 0 Å². The summed E-state index contributed by atoms with van der Waals surface area (Å²) in [6, 6.07) is 6.98. The second-order valence-corrected chi connectivity index (χ2v) is 6.81. The maximum Gasteiger partial charge on any atom is 0.111 e. The quantitative estimate of drug-likeness (QED) is 0.517. The molecular formula is C15H20ClIN2. The molecule has 0 amide bonds. The summed E-state index contributed by atoms with van der Waals surface area (Å²) < 4.78 is 3.63. The van der Waals surface area contributed by atoms with Gasteiger partial charge in [0.2, 0.25) is 0 Å². The molecule has 0 fully saturated rings. The Bertz CT molecular complexity index is 563. The first kappa shape index (κ1) is 15.1. The standard InChI is InChI=1S/C15H20ClIN2/c1-4-13(10(2)3)19-14-6-5-11(17)9-12(14)18-15(19)7-8-16/h5-6,9-10,13H,4,7-8H2,1-3H3. The minimum Gasteiger partial charge on any atom is -0.325 e. The Kier molecular flexibility index (Phi) is 5.12. The second-order valence-electron chi connectivity index (χ2n) is 5.19. The summed E-state index contributed by atoms with van der Waals surface area (Å²) in [5.41, 5.74) is 2.33. The number of alkyl halides is 1. The van der Waals surface area contributed by atoms with Crippen molar-refractivity contribution in [1.82, 2.24) is 9.55 Å². The number of aromatic nitrogens is 2. The molecule has 0 aliphatic rings. The molecule has 19 heavy (non-hydrogen) atoms. The van der Waals surface area contributed by atoms with Crippen LogP contribution in [0, 0.1) is 9.49 Å². The molecule has 0 bridgehead atoms. The molecule has 104 valence electrons. The van der Waals surface area contributed by atoms with Crippen molar-refractivity contribution in [2.75, 3.05) is 5.88 Å². The molecular weight excluding hydrogens is 371 g/mol. The highest BCUT2D eigenvalue weighted by molar-refractivity contribution is 14.1. The van der Waals surface area contributed by atoms with E-state index in [-0.39, 0.29) is 0 Å². The van der Waals surface area contributed by atoms with Crippen molar-refractivity contribution in [2.24, 2.45) is 5.92 Å². The normalized spacial score (nSPS) is 13.4. The molecule has 0 N–H and O–H groups in total. The Hall–Kier alpha value is -0.290. The van der Waals surface area contributed by atoms with Gasteiger partial charge in [-0.25, -0.2) is 4.98 Å². The lowest BCUT2D eigenvalue weighted by atomic mass is 10.0. The molecule has 1 aromatic heterocycles. The smallest absolute Gasteiger partial charge is 0.111 e. The highest BCUT2D eigenvalue weighted by Crippen LogP contribution is 2.29. The van der Waals surface area contributed by atoms with Gasteiger partial charge in [0, 0.05) is 21.9 Å². The molecule has 2 rings (SSSR count). The lowest BCUT2D eigenvalue weighted by Crippen LogP contribution is -2.17. The van der Waals surface area contributed by atoms with Gasteiger partial charge < -0.3 is 4.57 Å². The Morgan fingerprint density at radius 1 is 1.37 bits per heavy atom. The molecule has 4 heteroatoms. The average molecular weight is 391 g/mol. The van der Waals surface area contributed by atoms with Gasteiger partial charge in [-0.1, -0.05) is 20.8 Å². The van der Waals surface area contributed by atoms with Crippen LogP contribution in [-0.2, 0) is 6.42 Å². The fourth-order valence-corrected chi connectivity index (χ4v) is 3.35. The molecule has 1 atom stereocenters. The van der Waals surface area contributed by atoms with Crippen LogP contribution >= 0.6 is 34.2 Å². The van der Waals surface area contributed by atoms with E-state index in [4.69, 9.17) is 16.6 Å². The van der Waals surface area contributed by atoms with Gasteiger partial charge in [-0.2, -0.15) is 0 Å². The first-order valence-corrected chi connectivity index (χ1v) is 8.42. The molecule has 1 unspecified atom stereocenters. The lowest BCUT2D eigenvalue weighted by Gasteiger charge is -2.24. The van der Waals surface area contributed by atoms with Gasteiger partial charge >= 0.3 is 0 Å². The van der Waals surface area contributed by atoms with Crippen LogP contribution in [-0.4, -0.2) is 15.4 Å². The molecule has 1 aromatic carbocycles. The predicted octanol–water partition coefficient (Wildman–Crippen LogP) is 5.03. The van der Waals surface area contributed by atoms with E-state index >= 15 is 0 Å². The minimum atomic E-state index is 0.489. The largest absolute Gasteiger partial charge is 0.325 e. The zero-order chi connectivity index (χ0) is 14.0. The fraction of sp³-hybridized carbons (Fsp3) is 0.533. The Labute approximate surface area is 133 Å². The van der Waals surface area contributed by atoms with E-state index < -0.39 is 0 Å². The van der Waals surface area contributed by atoms with Crippen LogP contribution in [0.3, 0.4) is 0 Å². The SMILES string of the molecule is CCC(C(C)C)n1c(CCCl)nc2cc(I)ccc21. The topological polar surface area (TPSA) is 17.8 Å². The summed E-state index contributed by atoms with van der Waals surface area (Å²) in [6.45, 7) is 6.79. The molecule has 0 radical (unpaired) electrons. The number of fused-ring (bicyclic) bond motifs is 1. The first-order valence-electron chi connectivity index (χ1n) is 6.80. The summed E-state index contributed by atoms with van der Waals surface area (Å²) in [4.78, 5) is 4.79. The highest BCUT2D eigenvalue weighted by atomic mass is 127. The average Bonchev–Trinajstić information content (AvgIpc) is 2.68. The zero-order valence-corrected chi connectivity index (χ0v) is 14.6. The van der Waals surface area contributed by atoms with E-state index in [1.165, 1.54) is 9.09 Å². The molecule has 0 spiro atoms. The molecule has 2 aromatic rings. The Morgan fingerprint density at radius 3 is 2.68 bits per heavy atom. The third-order valence-corrected chi connectivity index (χ3v) is 4.42. The van der Waals surface area contributed by atoms with Crippen LogP contribution in [0.4, 0.5) is 0 Å². The van der Waals surface area contributed by atoms with E-state index in [1.54, 1.807) is 0 Å². The molecule has 0 saturated carbocycles. The Morgan fingerprint density at radius 2 is 2.11 bits per heavy atom. The van der Waals surface area contributed by atoms with Crippen LogP contribution in [0.25, 0.3) is 11.0 Å². The first-order chi connectivity index (χ1) is 9.08. The van der Waals surface area contributed by atoms with Gasteiger partial charge in [0.05, 0.1) is 11.0 Å². The number of nitrogens with zero attached hydrogens (tertiary/aromatic N) is 2. The third-order valence-electron chi connectivity index (χ3n) is 3.56. The fourth-order valence-electron chi connectivity index (χ4n) is 2.70. The second kappa shape index (κ2) is 6.44. The van der Waals surface area contributed by atoms with Crippen molar-refractivity contribution in [2.45, 2.75) is 39.7 Å². The predicted molar refractivity (Wildman–Crippen MR) is 91.0 cm³/mol. The summed E-state index contributed by atoms with van der Waals surface area (Å²) in [5, 5.41) is 0. The summed E-state index contributed by atoms with van der Waals surface area (Å²) in [5.74, 6) is 2.33. The van der Waals surface area contributed by atoms with Crippen LogP contribution in [0.2, 0.25) is 0 Å². The number of hydrogen-bond acceptors (Lipinski definition) is 1. The monoisotopic (exact) mass is 390 g/mol. The Balaban J connectivity index is 2.63. The summed E-state index contributed by atoms with van der Waals surface area (Å²) >= 11 is 8.27. The van der Waals surface area contributed by atoms with E-state index in [1.807, 2.05) is 0 Å². The zero-order valence-electron chi connectivity index (χ0n) is 11.7. The number of benzene rings is 1. The highest BCUT2D eigenvalue weighted by Gasteiger charge is 2.20. The molecule has 0 aliphatic carbocycles. The van der Waals surface area contributed by atoms with E-state index in [0.29, 0.717) is 17.8 Å². The van der Waals surface area contributed by atoms with Gasteiger partial charge in [0.25, 0.3) is 0 Å². The van der Waals surface area contributed by atoms with Gasteiger partial charge in [-0.15, -0.1) is 11.6 Å². The number of hydrogen-bond donors (Lipinski definition) is 0. The van der Waals surface area contributed by atoms with Gasteiger partial charge in [-0.05, 0) is 53.1 Å². The molecule has 2 nitrogen and oxygen atoms in total. The van der Waals surface area contributed by atoms with E-state index in [0.717, 1.165) is 24.2 Å². The van der Waals surface area contributed by atoms with Crippen molar-refractivity contribution >= 4 is 45.2 Å². The number of halogens is 2. The number of rotatable bonds is 5.